The van der Waals surface area contributed by atoms with Crippen LogP contribution in [0.2, 0.25) is 0 Å². The van der Waals surface area contributed by atoms with Gasteiger partial charge in [-0.2, -0.15) is 4.31 Å². The first-order valence-electron chi connectivity index (χ1n) is 7.92. The molecule has 0 fully saturated rings. The number of hydrogen-bond donors (Lipinski definition) is 1. The summed E-state index contributed by atoms with van der Waals surface area (Å²) >= 11 is 0. The van der Waals surface area contributed by atoms with Crippen LogP contribution in [0.5, 0.6) is 11.5 Å². The lowest BCUT2D eigenvalue weighted by Gasteiger charge is -2.33. The number of carbonyl (C=O) groups is 1. The third-order valence-electron chi connectivity index (χ3n) is 4.43. The summed E-state index contributed by atoms with van der Waals surface area (Å²) in [5.74, 6) is -0.239. The first-order valence-corrected chi connectivity index (χ1v) is 9.36. The molecule has 0 saturated heterocycles. The number of methoxy groups -OCH3 is 2. The van der Waals surface area contributed by atoms with Gasteiger partial charge in [0.1, 0.15) is 6.04 Å². The largest absolute Gasteiger partial charge is 0.493 e. The SMILES string of the molecule is COc1cc2c(cc1OC)CN(S(=O)(=O)c1ccccc1)C(C(=O)O)C2. The standard InChI is InChI=1S/C18H19NO6S/c1-24-16-9-12-8-15(18(20)21)19(11-13(12)10-17(16)25-2)26(22,23)14-6-4-3-5-7-14/h3-7,9-10,15H,8,11H2,1-2H3,(H,20,21). The van der Waals surface area contributed by atoms with Gasteiger partial charge in [0.25, 0.3) is 0 Å². The van der Waals surface area contributed by atoms with E-state index in [0.29, 0.717) is 17.1 Å². The summed E-state index contributed by atoms with van der Waals surface area (Å²) in [6, 6.07) is 10.0. The number of ether oxygens (including phenoxy) is 2. The molecular weight excluding hydrogens is 358 g/mol. The molecule has 1 unspecified atom stereocenters. The van der Waals surface area contributed by atoms with E-state index in [0.717, 1.165) is 9.87 Å². The molecule has 0 saturated carbocycles. The molecule has 1 N–H and O–H groups in total. The normalized spacial score (nSPS) is 17.4. The van der Waals surface area contributed by atoms with Crippen molar-refractivity contribution >= 4 is 16.0 Å². The molecule has 7 nitrogen and oxygen atoms in total. The van der Waals surface area contributed by atoms with E-state index in [4.69, 9.17) is 9.47 Å². The predicted molar refractivity (Wildman–Crippen MR) is 93.8 cm³/mol. The molecular formula is C18H19NO6S. The molecule has 0 aliphatic carbocycles. The lowest BCUT2D eigenvalue weighted by Crippen LogP contribution is -2.48. The number of benzene rings is 2. The summed E-state index contributed by atoms with van der Waals surface area (Å²) in [5.41, 5.74) is 1.43. The second-order valence-electron chi connectivity index (χ2n) is 5.90. The minimum absolute atomic E-state index is 0.0517. The summed E-state index contributed by atoms with van der Waals surface area (Å²) in [6.45, 7) is -0.0517. The molecule has 8 heteroatoms. The summed E-state index contributed by atoms with van der Waals surface area (Å²) < 4.78 is 37.5. The molecule has 1 atom stereocenters. The van der Waals surface area contributed by atoms with Crippen LogP contribution in [0.3, 0.4) is 0 Å². The number of carboxylic acids is 1. The molecule has 3 rings (SSSR count). The highest BCUT2D eigenvalue weighted by Crippen LogP contribution is 2.36. The van der Waals surface area contributed by atoms with E-state index < -0.39 is 22.0 Å². The van der Waals surface area contributed by atoms with E-state index in [2.05, 4.69) is 0 Å². The van der Waals surface area contributed by atoms with Crippen molar-refractivity contribution in [2.24, 2.45) is 0 Å². The zero-order chi connectivity index (χ0) is 18.9. The van der Waals surface area contributed by atoms with Gasteiger partial charge in [-0.05, 0) is 35.4 Å². The van der Waals surface area contributed by atoms with Gasteiger partial charge < -0.3 is 14.6 Å². The fourth-order valence-electron chi connectivity index (χ4n) is 3.08. The average molecular weight is 377 g/mol. The van der Waals surface area contributed by atoms with Gasteiger partial charge in [-0.1, -0.05) is 18.2 Å². The van der Waals surface area contributed by atoms with Gasteiger partial charge in [0.15, 0.2) is 11.5 Å². The quantitative estimate of drug-likeness (QED) is 0.856. The van der Waals surface area contributed by atoms with Gasteiger partial charge in [0.2, 0.25) is 10.0 Å². The molecule has 0 bridgehead atoms. The number of sulfonamides is 1. The molecule has 1 aliphatic heterocycles. The second kappa shape index (κ2) is 6.97. The van der Waals surface area contributed by atoms with Crippen LogP contribution in [0.15, 0.2) is 47.4 Å². The highest BCUT2D eigenvalue weighted by Gasteiger charge is 2.40. The summed E-state index contributed by atoms with van der Waals surface area (Å²) in [6.07, 6.45) is 0.0527. The number of carboxylic acid groups (broad SMARTS) is 1. The van der Waals surface area contributed by atoms with Gasteiger partial charge >= 0.3 is 5.97 Å². The average Bonchev–Trinajstić information content (AvgIpc) is 2.66. The van der Waals surface area contributed by atoms with E-state index in [1.165, 1.54) is 26.4 Å². The first-order chi connectivity index (χ1) is 12.4. The molecule has 138 valence electrons. The van der Waals surface area contributed by atoms with E-state index >= 15 is 0 Å². The smallest absolute Gasteiger partial charge is 0.322 e. The summed E-state index contributed by atoms with van der Waals surface area (Å²) in [5, 5.41) is 9.61. The maximum absolute atomic E-state index is 13.0. The topological polar surface area (TPSA) is 93.1 Å². The molecule has 0 amide bonds. The highest BCUT2D eigenvalue weighted by atomic mass is 32.2. The number of nitrogens with zero attached hydrogens (tertiary/aromatic N) is 1. The van der Waals surface area contributed by atoms with Gasteiger partial charge in [-0.3, -0.25) is 4.79 Å². The maximum atomic E-state index is 13.0. The van der Waals surface area contributed by atoms with Crippen LogP contribution in [0, 0.1) is 0 Å². The van der Waals surface area contributed by atoms with Crippen molar-refractivity contribution in [2.45, 2.75) is 23.9 Å². The second-order valence-corrected chi connectivity index (χ2v) is 7.79. The van der Waals surface area contributed by atoms with E-state index in [1.807, 2.05) is 0 Å². The number of hydrogen-bond acceptors (Lipinski definition) is 5. The van der Waals surface area contributed by atoms with Crippen molar-refractivity contribution in [3.63, 3.8) is 0 Å². The van der Waals surface area contributed by atoms with Crippen LogP contribution in [0.4, 0.5) is 0 Å². The highest BCUT2D eigenvalue weighted by molar-refractivity contribution is 7.89. The monoisotopic (exact) mass is 377 g/mol. The third kappa shape index (κ3) is 3.13. The van der Waals surface area contributed by atoms with Gasteiger partial charge in [0, 0.05) is 13.0 Å². The van der Waals surface area contributed by atoms with Crippen LogP contribution in [0.25, 0.3) is 0 Å². The Labute approximate surface area is 151 Å². The molecule has 26 heavy (non-hydrogen) atoms. The fourth-order valence-corrected chi connectivity index (χ4v) is 4.66. The van der Waals surface area contributed by atoms with Crippen molar-refractivity contribution < 1.29 is 27.8 Å². The Hall–Kier alpha value is -2.58. The van der Waals surface area contributed by atoms with Gasteiger partial charge in [-0.25, -0.2) is 8.42 Å². The Morgan fingerprint density at radius 1 is 1.08 bits per heavy atom. The zero-order valence-corrected chi connectivity index (χ0v) is 15.2. The van der Waals surface area contributed by atoms with Gasteiger partial charge in [-0.15, -0.1) is 0 Å². The molecule has 0 aromatic heterocycles. The van der Waals surface area contributed by atoms with Crippen molar-refractivity contribution in [1.82, 2.24) is 4.31 Å². The number of rotatable bonds is 5. The first kappa shape index (κ1) is 18.2. The molecule has 0 radical (unpaired) electrons. The molecule has 2 aromatic rings. The van der Waals surface area contributed by atoms with E-state index in [-0.39, 0.29) is 17.9 Å². The minimum Gasteiger partial charge on any atom is -0.493 e. The lowest BCUT2D eigenvalue weighted by molar-refractivity contribution is -0.141. The van der Waals surface area contributed by atoms with E-state index in [9.17, 15) is 18.3 Å². The van der Waals surface area contributed by atoms with Gasteiger partial charge in [0.05, 0.1) is 19.1 Å². The van der Waals surface area contributed by atoms with Crippen LogP contribution in [0.1, 0.15) is 11.1 Å². The van der Waals surface area contributed by atoms with Crippen LogP contribution in [-0.2, 0) is 27.8 Å². The molecule has 1 heterocycles. The Kier molecular flexibility index (Phi) is 4.88. The van der Waals surface area contributed by atoms with Crippen molar-refractivity contribution in [3.8, 4) is 11.5 Å². The Morgan fingerprint density at radius 2 is 1.65 bits per heavy atom. The minimum atomic E-state index is -3.95. The maximum Gasteiger partial charge on any atom is 0.322 e. The predicted octanol–water partition coefficient (Wildman–Crippen LogP) is 1.90. The number of fused-ring (bicyclic) bond motifs is 1. The fraction of sp³-hybridized carbons (Fsp3) is 0.278. The lowest BCUT2D eigenvalue weighted by atomic mass is 9.95. The Bertz CT molecular complexity index is 926. The van der Waals surface area contributed by atoms with E-state index in [1.54, 1.807) is 30.3 Å². The van der Waals surface area contributed by atoms with Crippen molar-refractivity contribution in [3.05, 3.63) is 53.6 Å². The third-order valence-corrected chi connectivity index (χ3v) is 6.30. The Morgan fingerprint density at radius 3 is 2.19 bits per heavy atom. The molecule has 2 aromatic carbocycles. The zero-order valence-electron chi connectivity index (χ0n) is 14.4. The van der Waals surface area contributed by atoms with Crippen molar-refractivity contribution in [2.75, 3.05) is 14.2 Å². The Balaban J connectivity index is 2.09. The number of aliphatic carboxylic acids is 1. The van der Waals surface area contributed by atoms with Crippen LogP contribution < -0.4 is 9.47 Å². The van der Waals surface area contributed by atoms with Crippen LogP contribution >= 0.6 is 0 Å². The van der Waals surface area contributed by atoms with Crippen LogP contribution in [-0.4, -0.2) is 44.1 Å². The molecule has 1 aliphatic rings. The molecule has 0 spiro atoms. The summed E-state index contributed by atoms with van der Waals surface area (Å²) in [7, 11) is -0.968. The summed E-state index contributed by atoms with van der Waals surface area (Å²) in [4.78, 5) is 11.8. The van der Waals surface area contributed by atoms with Crippen molar-refractivity contribution in [1.29, 1.82) is 0 Å².